The summed E-state index contributed by atoms with van der Waals surface area (Å²) >= 11 is 0. The Balaban J connectivity index is 1.59. The fraction of sp³-hybridized carbons (Fsp3) is 0.400. The molecule has 2 aliphatic rings. The lowest BCUT2D eigenvalue weighted by molar-refractivity contribution is 0.413. The van der Waals surface area contributed by atoms with Gasteiger partial charge in [0, 0.05) is 23.6 Å². The number of benzene rings is 1. The van der Waals surface area contributed by atoms with E-state index < -0.39 is 31.2 Å². The van der Waals surface area contributed by atoms with Crippen molar-refractivity contribution in [3.8, 4) is 5.75 Å². The minimum atomic E-state index is -3.63. The largest absolute Gasteiger partial charge is 0.495 e. The summed E-state index contributed by atoms with van der Waals surface area (Å²) in [6, 6.07) is 8.49. The average Bonchev–Trinajstić information content (AvgIpc) is 3.03. The highest BCUT2D eigenvalue weighted by Crippen LogP contribution is 2.52. The van der Waals surface area contributed by atoms with E-state index in [9.17, 15) is 8.42 Å². The third kappa shape index (κ3) is 3.06. The fourth-order valence-corrected chi connectivity index (χ4v) is 8.51. The van der Waals surface area contributed by atoms with E-state index >= 15 is 4.39 Å². The van der Waals surface area contributed by atoms with Gasteiger partial charge in [-0.25, -0.2) is 12.8 Å². The van der Waals surface area contributed by atoms with E-state index in [2.05, 4.69) is 15.0 Å². The Morgan fingerprint density at radius 1 is 1.24 bits per heavy atom. The number of hydrogen-bond acceptors (Lipinski definition) is 7. The van der Waals surface area contributed by atoms with Gasteiger partial charge < -0.3 is 10.5 Å². The molecule has 7 nitrogen and oxygen atoms in total. The summed E-state index contributed by atoms with van der Waals surface area (Å²) in [5, 5.41) is 0.0677. The number of ether oxygens (including phenoxy) is 1. The Kier molecular flexibility index (Phi) is 5.16. The molecule has 0 spiro atoms. The third-order valence-corrected chi connectivity index (χ3v) is 10.8. The number of halogens is 1. The van der Waals surface area contributed by atoms with Gasteiger partial charge in [-0.05, 0) is 49.9 Å². The molecule has 2 bridgehead atoms. The zero-order valence-electron chi connectivity index (χ0n) is 19.4. The van der Waals surface area contributed by atoms with Crippen LogP contribution in [0.25, 0.3) is 10.9 Å². The molecule has 5 rings (SSSR count). The van der Waals surface area contributed by atoms with Crippen LogP contribution in [-0.4, -0.2) is 41.3 Å². The van der Waals surface area contributed by atoms with Gasteiger partial charge in [0.1, 0.15) is 27.7 Å². The number of pyridine rings is 2. The van der Waals surface area contributed by atoms with E-state index in [1.165, 1.54) is 6.07 Å². The lowest BCUT2D eigenvalue weighted by atomic mass is 9.85. The molecular weight excluding hydrogens is 455 g/mol. The van der Waals surface area contributed by atoms with Gasteiger partial charge in [-0.2, -0.15) is 0 Å². The highest BCUT2D eigenvalue weighted by atomic mass is 32.2. The lowest BCUT2D eigenvalue weighted by Crippen LogP contribution is -2.57. The van der Waals surface area contributed by atoms with E-state index in [1.807, 2.05) is 19.1 Å². The minimum Gasteiger partial charge on any atom is -0.495 e. The van der Waals surface area contributed by atoms with Crippen LogP contribution < -0.4 is 10.5 Å². The molecule has 2 aliphatic heterocycles. The number of nitrogens with zero attached hydrogens (tertiary/aromatic N) is 3. The number of sulfone groups is 1. The molecule has 2 aromatic heterocycles. The first-order chi connectivity index (χ1) is 16.2. The zero-order chi connectivity index (χ0) is 24.3. The molecule has 1 saturated heterocycles. The van der Waals surface area contributed by atoms with Crippen LogP contribution in [0.3, 0.4) is 0 Å². The Hall–Kier alpha value is -3.07. The normalized spacial score (nSPS) is 27.5. The van der Waals surface area contributed by atoms with Crippen molar-refractivity contribution in [3.63, 3.8) is 0 Å². The second-order valence-electron chi connectivity index (χ2n) is 9.26. The number of fused-ring (bicyclic) bond motifs is 3. The molecule has 0 amide bonds. The van der Waals surface area contributed by atoms with Gasteiger partial charge in [-0.1, -0.05) is 19.1 Å². The third-order valence-electron chi connectivity index (χ3n) is 7.58. The van der Waals surface area contributed by atoms with E-state index in [4.69, 9.17) is 10.5 Å². The van der Waals surface area contributed by atoms with Crippen LogP contribution in [0, 0.1) is 5.82 Å². The first-order valence-corrected chi connectivity index (χ1v) is 12.9. The van der Waals surface area contributed by atoms with Gasteiger partial charge in [0.05, 0.1) is 29.8 Å². The second kappa shape index (κ2) is 7.73. The molecule has 0 aliphatic carbocycles. The molecule has 3 atom stereocenters. The van der Waals surface area contributed by atoms with E-state index in [0.29, 0.717) is 31.4 Å². The van der Waals surface area contributed by atoms with Crippen molar-refractivity contribution in [2.45, 2.75) is 55.1 Å². The molecule has 1 aromatic carbocycles. The summed E-state index contributed by atoms with van der Waals surface area (Å²) in [6.07, 6.45) is 4.91. The quantitative estimate of drug-likeness (QED) is 0.594. The van der Waals surface area contributed by atoms with Crippen molar-refractivity contribution in [2.75, 3.05) is 7.11 Å². The van der Waals surface area contributed by atoms with Crippen LogP contribution in [0.5, 0.6) is 5.75 Å². The molecule has 2 N–H and O–H groups in total. The van der Waals surface area contributed by atoms with Gasteiger partial charge in [-0.3, -0.25) is 15.0 Å². The summed E-state index contributed by atoms with van der Waals surface area (Å²) in [5.41, 5.74) is 7.45. The van der Waals surface area contributed by atoms with Crippen LogP contribution in [0.4, 0.5) is 4.39 Å². The molecule has 0 saturated carbocycles. The summed E-state index contributed by atoms with van der Waals surface area (Å²) in [5.74, 6) is 0.239. The number of amidine groups is 1. The monoisotopic (exact) mass is 482 g/mol. The first-order valence-electron chi connectivity index (χ1n) is 11.3. The van der Waals surface area contributed by atoms with Crippen LogP contribution >= 0.6 is 0 Å². The fourth-order valence-electron chi connectivity index (χ4n) is 5.61. The maximum Gasteiger partial charge on any atom is 0.168 e. The van der Waals surface area contributed by atoms with Gasteiger partial charge in [0.25, 0.3) is 0 Å². The average molecular weight is 483 g/mol. The highest BCUT2D eigenvalue weighted by Gasteiger charge is 2.64. The van der Waals surface area contributed by atoms with Crippen molar-refractivity contribution < 1.29 is 17.5 Å². The standard InChI is InChI=1S/C25H27FN4O3S/c1-4-25-9-7-21(34(25,31)32)24(2,30-23(25)27)18-11-15(5-6-19(18)26)12-20-22-16(8-10-28-20)13-17(33-3)14-29-22/h5-6,8,10-11,13-14,21H,4,7,9,12H2,1-3H3,(H2,27,30)/t21-,24+,25-/m0/s1. The highest BCUT2D eigenvalue weighted by molar-refractivity contribution is 7.94. The summed E-state index contributed by atoms with van der Waals surface area (Å²) < 4.78 is 46.3. The van der Waals surface area contributed by atoms with Gasteiger partial charge in [0.2, 0.25) is 0 Å². The molecule has 178 valence electrons. The van der Waals surface area contributed by atoms with Crippen molar-refractivity contribution in [1.29, 1.82) is 0 Å². The van der Waals surface area contributed by atoms with Crippen molar-refractivity contribution in [3.05, 3.63) is 65.4 Å². The van der Waals surface area contributed by atoms with Crippen molar-refractivity contribution in [1.82, 2.24) is 9.97 Å². The maximum atomic E-state index is 15.2. The molecule has 34 heavy (non-hydrogen) atoms. The molecule has 3 aromatic rings. The van der Waals surface area contributed by atoms with Crippen LogP contribution in [0.15, 0.2) is 47.7 Å². The minimum absolute atomic E-state index is 0.0879. The zero-order valence-corrected chi connectivity index (χ0v) is 20.2. The Morgan fingerprint density at radius 2 is 2.03 bits per heavy atom. The number of aromatic nitrogens is 2. The van der Waals surface area contributed by atoms with Gasteiger partial charge in [0.15, 0.2) is 9.84 Å². The van der Waals surface area contributed by atoms with Gasteiger partial charge in [-0.15, -0.1) is 0 Å². The number of aliphatic imine (C=N–C) groups is 1. The van der Waals surface area contributed by atoms with Crippen molar-refractivity contribution >= 4 is 26.6 Å². The lowest BCUT2D eigenvalue weighted by Gasteiger charge is -2.40. The SMILES string of the molecule is CC[C@]12CC[C@@H]([C@@](C)(c3cc(Cc4nccc5cc(OC)cnc45)ccc3F)N=C1N)S2(=O)=O. The predicted molar refractivity (Wildman–Crippen MR) is 129 cm³/mol. The number of rotatable bonds is 5. The molecular formula is C25H27FN4O3S. The summed E-state index contributed by atoms with van der Waals surface area (Å²) in [4.78, 5) is 13.6. The smallest absolute Gasteiger partial charge is 0.168 e. The van der Waals surface area contributed by atoms with Crippen molar-refractivity contribution in [2.24, 2.45) is 10.7 Å². The van der Waals surface area contributed by atoms with Crippen LogP contribution in [0.2, 0.25) is 0 Å². The second-order valence-corrected chi connectivity index (χ2v) is 11.7. The van der Waals surface area contributed by atoms with E-state index in [-0.39, 0.29) is 11.4 Å². The summed E-state index contributed by atoms with van der Waals surface area (Å²) in [6.45, 7) is 3.49. The van der Waals surface area contributed by atoms with Crippen LogP contribution in [-0.2, 0) is 21.8 Å². The molecule has 0 unspecified atom stereocenters. The Morgan fingerprint density at radius 3 is 2.76 bits per heavy atom. The Labute approximate surface area is 198 Å². The topological polar surface area (TPSA) is 108 Å². The van der Waals surface area contributed by atoms with Gasteiger partial charge >= 0.3 is 0 Å². The molecule has 9 heteroatoms. The maximum absolute atomic E-state index is 15.2. The van der Waals surface area contributed by atoms with E-state index in [1.54, 1.807) is 38.6 Å². The molecule has 0 radical (unpaired) electrons. The Bertz CT molecular complexity index is 1440. The number of hydrogen-bond donors (Lipinski definition) is 1. The predicted octanol–water partition coefficient (Wildman–Crippen LogP) is 3.68. The number of nitrogens with two attached hydrogens (primary N) is 1. The first kappa shape index (κ1) is 22.7. The number of methoxy groups -OCH3 is 1. The molecule has 1 fully saturated rings. The summed E-state index contributed by atoms with van der Waals surface area (Å²) in [7, 11) is -2.04. The van der Waals surface area contributed by atoms with Crippen LogP contribution in [0.1, 0.15) is 49.9 Å². The molecule has 4 heterocycles. The van der Waals surface area contributed by atoms with E-state index in [0.717, 1.165) is 22.2 Å².